The lowest BCUT2D eigenvalue weighted by atomic mass is 10.3. The number of amidine groups is 1. The average molecular weight is 438 g/mol. The first kappa shape index (κ1) is 19.1. The van der Waals surface area contributed by atoms with Gasteiger partial charge in [0.05, 0.1) is 40.9 Å². The second kappa shape index (κ2) is 7.10. The normalized spacial score (nSPS) is 20.0. The Bertz CT molecular complexity index is 1260. The van der Waals surface area contributed by atoms with Crippen LogP contribution >= 0.6 is 23.5 Å². The number of aryl methyl sites for hydroxylation is 1. The van der Waals surface area contributed by atoms with Crippen molar-refractivity contribution in [3.63, 3.8) is 0 Å². The van der Waals surface area contributed by atoms with Crippen LogP contribution in [-0.2, 0) is 11.8 Å². The molecular weight excluding hydrogens is 418 g/mol. The number of carbonyl (C=O) groups excluding carboxylic acids is 1. The lowest BCUT2D eigenvalue weighted by Gasteiger charge is -2.15. The summed E-state index contributed by atoms with van der Waals surface area (Å²) in [5.41, 5.74) is 3.73. The number of methoxy groups -OCH3 is 1. The average Bonchev–Trinajstić information content (AvgIpc) is 3.37. The molecule has 1 aromatic heterocycles. The summed E-state index contributed by atoms with van der Waals surface area (Å²) in [5.74, 6) is 0.744. The van der Waals surface area contributed by atoms with Crippen LogP contribution in [0.1, 0.15) is 0 Å². The molecule has 0 bridgehead atoms. The van der Waals surface area contributed by atoms with Gasteiger partial charge in [-0.15, -0.1) is 0 Å². The van der Waals surface area contributed by atoms with Crippen molar-refractivity contribution in [1.29, 1.82) is 0 Å². The summed E-state index contributed by atoms with van der Waals surface area (Å²) in [7, 11) is 7.34. The maximum absolute atomic E-state index is 13.0. The van der Waals surface area contributed by atoms with Crippen molar-refractivity contribution in [1.82, 2.24) is 14.5 Å². The van der Waals surface area contributed by atoms with Gasteiger partial charge in [0.15, 0.2) is 5.17 Å². The minimum atomic E-state index is -0.0493. The van der Waals surface area contributed by atoms with Crippen LogP contribution in [0.25, 0.3) is 11.0 Å². The molecule has 7 nitrogen and oxygen atoms in total. The number of thioether (sulfide) groups is 2. The molecule has 1 fully saturated rings. The molecule has 1 saturated heterocycles. The van der Waals surface area contributed by atoms with Crippen LogP contribution in [0.4, 0.5) is 11.4 Å². The number of anilines is 1. The quantitative estimate of drug-likeness (QED) is 0.561. The zero-order valence-corrected chi connectivity index (χ0v) is 18.5. The van der Waals surface area contributed by atoms with Crippen LogP contribution in [0, 0.1) is 0 Å². The van der Waals surface area contributed by atoms with E-state index < -0.39 is 0 Å². The van der Waals surface area contributed by atoms with Crippen LogP contribution < -0.4 is 9.64 Å². The number of hydrogen-bond acceptors (Lipinski definition) is 7. The molecule has 0 radical (unpaired) electrons. The summed E-state index contributed by atoms with van der Waals surface area (Å²) in [6.45, 7) is 0. The third-order valence-electron chi connectivity index (χ3n) is 5.15. The van der Waals surface area contributed by atoms with Gasteiger partial charge in [0.2, 0.25) is 0 Å². The first-order valence-electron chi connectivity index (χ1n) is 9.26. The molecule has 3 aromatic rings. The minimum Gasteiger partial charge on any atom is -0.497 e. The van der Waals surface area contributed by atoms with Crippen molar-refractivity contribution < 1.29 is 9.53 Å². The number of nitrogens with zero attached hydrogens (tertiary/aromatic N) is 5. The molecule has 3 heterocycles. The zero-order valence-electron chi connectivity index (χ0n) is 16.9. The Labute approximate surface area is 182 Å². The number of rotatable bonds is 2. The van der Waals surface area contributed by atoms with Crippen molar-refractivity contribution >= 4 is 57.0 Å². The highest BCUT2D eigenvalue weighted by molar-refractivity contribution is 8.19. The van der Waals surface area contributed by atoms with E-state index in [1.54, 1.807) is 37.1 Å². The number of benzene rings is 2. The summed E-state index contributed by atoms with van der Waals surface area (Å²) < 4.78 is 7.31. The van der Waals surface area contributed by atoms with Crippen LogP contribution in [-0.4, -0.2) is 46.7 Å². The molecule has 0 N–H and O–H groups in total. The number of aromatic nitrogens is 2. The number of ether oxygens (including phenoxy) is 1. The molecule has 2 aliphatic heterocycles. The predicted molar refractivity (Wildman–Crippen MR) is 122 cm³/mol. The van der Waals surface area contributed by atoms with Crippen LogP contribution in [0.2, 0.25) is 0 Å². The summed E-state index contributed by atoms with van der Waals surface area (Å²) in [6.07, 6.45) is 1.78. The number of hydrogen-bond donors (Lipinski definition) is 0. The van der Waals surface area contributed by atoms with Gasteiger partial charge in [0.25, 0.3) is 5.91 Å². The summed E-state index contributed by atoms with van der Waals surface area (Å²) >= 11 is 2.99. The molecule has 30 heavy (non-hydrogen) atoms. The highest BCUT2D eigenvalue weighted by Crippen LogP contribution is 2.50. The van der Waals surface area contributed by atoms with Gasteiger partial charge in [-0.3, -0.25) is 9.69 Å². The van der Waals surface area contributed by atoms with E-state index in [-0.39, 0.29) is 5.91 Å². The highest BCUT2D eigenvalue weighted by atomic mass is 32.2. The van der Waals surface area contributed by atoms with E-state index in [1.165, 1.54) is 11.8 Å². The molecule has 0 atom stereocenters. The topological polar surface area (TPSA) is 63.0 Å². The standard InChI is InChI=1S/C21H19N5O2S2/c1-24-11-22-14-9-12(5-7-15(14)24)23-21-26(3)19(27)18(30-21)20-25(2)16-10-13(28-4)6-8-17(16)29-20/h5-11H,1-4H3/b20-18-,23-21?. The largest absolute Gasteiger partial charge is 0.497 e. The Morgan fingerprint density at radius 2 is 1.87 bits per heavy atom. The van der Waals surface area contributed by atoms with E-state index in [4.69, 9.17) is 9.73 Å². The predicted octanol–water partition coefficient (Wildman–Crippen LogP) is 4.19. The van der Waals surface area contributed by atoms with Crippen molar-refractivity contribution in [3.05, 3.63) is 52.7 Å². The first-order valence-corrected chi connectivity index (χ1v) is 10.9. The molecule has 1 amide bonds. The van der Waals surface area contributed by atoms with E-state index in [0.717, 1.165) is 38.1 Å². The lowest BCUT2D eigenvalue weighted by Crippen LogP contribution is -2.24. The number of carbonyl (C=O) groups is 1. The fourth-order valence-corrected chi connectivity index (χ4v) is 5.75. The van der Waals surface area contributed by atoms with Crippen molar-refractivity contribution in [2.24, 2.45) is 12.0 Å². The molecule has 9 heteroatoms. The Morgan fingerprint density at radius 1 is 1.03 bits per heavy atom. The molecule has 2 aromatic carbocycles. The fourth-order valence-electron chi connectivity index (χ4n) is 3.43. The maximum atomic E-state index is 13.0. The molecule has 0 saturated carbocycles. The van der Waals surface area contributed by atoms with Gasteiger partial charge >= 0.3 is 0 Å². The molecular formula is C21H19N5O2S2. The van der Waals surface area contributed by atoms with Crippen molar-refractivity contribution in [3.8, 4) is 5.75 Å². The van der Waals surface area contributed by atoms with E-state index in [9.17, 15) is 4.79 Å². The molecule has 0 unspecified atom stereocenters. The zero-order chi connectivity index (χ0) is 21.0. The Kier molecular flexibility index (Phi) is 4.52. The van der Waals surface area contributed by atoms with E-state index in [0.29, 0.717) is 10.1 Å². The van der Waals surface area contributed by atoms with Gasteiger partial charge in [-0.25, -0.2) is 9.98 Å². The summed E-state index contributed by atoms with van der Waals surface area (Å²) in [5, 5.41) is 1.56. The minimum absolute atomic E-state index is 0.0493. The summed E-state index contributed by atoms with van der Waals surface area (Å²) in [6, 6.07) is 11.8. The molecule has 0 aliphatic carbocycles. The smallest absolute Gasteiger partial charge is 0.269 e. The SMILES string of the molecule is COc1ccc2c(c1)N(C)/C(=C1/SC(=Nc3ccc4c(c3)ncn4C)N(C)C1=O)S2. The first-order chi connectivity index (χ1) is 14.5. The molecule has 0 spiro atoms. The maximum Gasteiger partial charge on any atom is 0.269 e. The molecule has 2 aliphatic rings. The van der Waals surface area contributed by atoms with Crippen LogP contribution in [0.15, 0.2) is 62.5 Å². The lowest BCUT2D eigenvalue weighted by molar-refractivity contribution is -0.121. The molecule has 5 rings (SSSR count). The van der Waals surface area contributed by atoms with Gasteiger partial charge < -0.3 is 14.2 Å². The number of amides is 1. The Balaban J connectivity index is 1.50. The number of likely N-dealkylation sites (N-methyl/N-ethyl adjacent to an activating group) is 1. The number of aliphatic imine (C=N–C) groups is 1. The monoisotopic (exact) mass is 437 g/mol. The van der Waals surface area contributed by atoms with Crippen molar-refractivity contribution in [2.75, 3.05) is 26.1 Å². The van der Waals surface area contributed by atoms with E-state index in [1.807, 2.05) is 60.0 Å². The second-order valence-electron chi connectivity index (χ2n) is 7.02. The van der Waals surface area contributed by atoms with E-state index >= 15 is 0 Å². The van der Waals surface area contributed by atoms with Gasteiger partial charge in [0, 0.05) is 32.1 Å². The highest BCUT2D eigenvalue weighted by Gasteiger charge is 2.37. The second-order valence-corrected chi connectivity index (χ2v) is 9.03. The summed E-state index contributed by atoms with van der Waals surface area (Å²) in [4.78, 5) is 27.6. The van der Waals surface area contributed by atoms with Gasteiger partial charge in [-0.2, -0.15) is 0 Å². The number of imidazole rings is 1. The molecule has 152 valence electrons. The van der Waals surface area contributed by atoms with E-state index in [2.05, 4.69) is 4.98 Å². The Morgan fingerprint density at radius 3 is 2.67 bits per heavy atom. The fraction of sp³-hybridized carbons (Fsp3) is 0.190. The third-order valence-corrected chi connectivity index (χ3v) is 7.63. The van der Waals surface area contributed by atoms with Crippen LogP contribution in [0.5, 0.6) is 5.75 Å². The van der Waals surface area contributed by atoms with Gasteiger partial charge in [-0.05, 0) is 42.1 Å². The van der Waals surface area contributed by atoms with Gasteiger partial charge in [0.1, 0.15) is 10.7 Å². The third kappa shape index (κ3) is 2.96. The Hall–Kier alpha value is -2.91. The number of fused-ring (bicyclic) bond motifs is 2. The van der Waals surface area contributed by atoms with Crippen LogP contribution in [0.3, 0.4) is 0 Å². The van der Waals surface area contributed by atoms with Gasteiger partial charge in [-0.1, -0.05) is 11.8 Å². The van der Waals surface area contributed by atoms with Crippen molar-refractivity contribution in [2.45, 2.75) is 4.90 Å².